The summed E-state index contributed by atoms with van der Waals surface area (Å²) in [5.41, 5.74) is 0.521. The molecule has 10 heteroatoms. The molecule has 1 atom stereocenters. The van der Waals surface area contributed by atoms with Crippen LogP contribution in [-0.2, 0) is 14.3 Å². The first-order valence-corrected chi connectivity index (χ1v) is 10.8. The van der Waals surface area contributed by atoms with Gasteiger partial charge in [0, 0.05) is 38.2 Å². The van der Waals surface area contributed by atoms with Crippen LogP contribution in [0.25, 0.3) is 0 Å². The standard InChI is InChI=1S/C21H31N5O5/c1-30-13-18-17(19(27)31-2)12-26(20(28)24-18)21(29)25-9-3-4-16(11-25)23-15-7-5-14(10-22)6-8-15/h14-16,23H,3-9,11-13H2,1-2H3,(H,24,28). The topological polar surface area (TPSA) is 124 Å². The summed E-state index contributed by atoms with van der Waals surface area (Å²) in [4.78, 5) is 40.6. The monoisotopic (exact) mass is 433 g/mol. The van der Waals surface area contributed by atoms with E-state index in [0.717, 1.165) is 43.4 Å². The number of amides is 4. The Morgan fingerprint density at radius 2 is 1.94 bits per heavy atom. The number of carbonyl (C=O) groups excluding carboxylic acids is 3. The molecule has 0 spiro atoms. The summed E-state index contributed by atoms with van der Waals surface area (Å²) in [5.74, 6) is -0.448. The molecule has 0 radical (unpaired) electrons. The summed E-state index contributed by atoms with van der Waals surface area (Å²) < 4.78 is 9.85. The van der Waals surface area contributed by atoms with Crippen molar-refractivity contribution >= 4 is 18.0 Å². The highest BCUT2D eigenvalue weighted by Gasteiger charge is 2.37. The molecular formula is C21H31N5O5. The first-order valence-electron chi connectivity index (χ1n) is 10.8. The number of nitrogens with zero attached hydrogens (tertiary/aromatic N) is 3. The summed E-state index contributed by atoms with van der Waals surface area (Å²) >= 11 is 0. The van der Waals surface area contributed by atoms with E-state index < -0.39 is 18.0 Å². The fraction of sp³-hybridized carbons (Fsp3) is 0.714. The smallest absolute Gasteiger partial charge is 0.337 e. The van der Waals surface area contributed by atoms with Gasteiger partial charge in [-0.15, -0.1) is 0 Å². The van der Waals surface area contributed by atoms with E-state index in [-0.39, 0.29) is 30.7 Å². The van der Waals surface area contributed by atoms with Crippen molar-refractivity contribution in [1.29, 1.82) is 5.26 Å². The molecule has 1 saturated carbocycles. The van der Waals surface area contributed by atoms with Crippen LogP contribution in [-0.4, -0.2) is 80.4 Å². The fourth-order valence-electron chi connectivity index (χ4n) is 4.51. The lowest BCUT2D eigenvalue weighted by Gasteiger charge is -2.39. The van der Waals surface area contributed by atoms with E-state index in [9.17, 15) is 14.4 Å². The van der Waals surface area contributed by atoms with Crippen LogP contribution in [0.15, 0.2) is 11.3 Å². The second-order valence-electron chi connectivity index (χ2n) is 8.31. The van der Waals surface area contributed by atoms with Gasteiger partial charge >= 0.3 is 18.0 Å². The molecule has 4 amide bonds. The van der Waals surface area contributed by atoms with Crippen molar-refractivity contribution in [3.63, 3.8) is 0 Å². The summed E-state index contributed by atoms with van der Waals surface area (Å²) in [7, 11) is 2.71. The third-order valence-electron chi connectivity index (χ3n) is 6.21. The number of nitriles is 1. The van der Waals surface area contributed by atoms with Gasteiger partial charge in [0.2, 0.25) is 0 Å². The molecule has 2 heterocycles. The van der Waals surface area contributed by atoms with E-state index in [0.29, 0.717) is 24.8 Å². The van der Waals surface area contributed by atoms with Crippen LogP contribution < -0.4 is 10.6 Å². The van der Waals surface area contributed by atoms with E-state index in [2.05, 4.69) is 16.7 Å². The van der Waals surface area contributed by atoms with Crippen molar-refractivity contribution in [2.45, 2.75) is 50.6 Å². The number of nitrogens with one attached hydrogen (secondary N) is 2. The van der Waals surface area contributed by atoms with Crippen LogP contribution in [0.5, 0.6) is 0 Å². The van der Waals surface area contributed by atoms with Crippen molar-refractivity contribution < 1.29 is 23.9 Å². The van der Waals surface area contributed by atoms with Crippen LogP contribution in [0, 0.1) is 17.2 Å². The van der Waals surface area contributed by atoms with E-state index in [1.54, 1.807) is 4.90 Å². The van der Waals surface area contributed by atoms with Gasteiger partial charge in [0.15, 0.2) is 0 Å². The molecule has 1 saturated heterocycles. The number of rotatable bonds is 5. The van der Waals surface area contributed by atoms with Gasteiger partial charge in [-0.05, 0) is 38.5 Å². The van der Waals surface area contributed by atoms with Crippen molar-refractivity contribution in [3.05, 3.63) is 11.3 Å². The van der Waals surface area contributed by atoms with Crippen LogP contribution in [0.2, 0.25) is 0 Å². The molecule has 2 N–H and O–H groups in total. The molecule has 2 fully saturated rings. The zero-order chi connectivity index (χ0) is 22.4. The summed E-state index contributed by atoms with van der Waals surface area (Å²) in [6.45, 7) is 0.956. The summed E-state index contributed by atoms with van der Waals surface area (Å²) in [6, 6.07) is 1.86. The molecule has 1 unspecified atom stereocenters. The van der Waals surface area contributed by atoms with Crippen molar-refractivity contribution in [3.8, 4) is 6.07 Å². The molecule has 0 aromatic carbocycles. The van der Waals surface area contributed by atoms with Crippen LogP contribution in [0.4, 0.5) is 9.59 Å². The van der Waals surface area contributed by atoms with Gasteiger partial charge in [0.1, 0.15) is 0 Å². The second-order valence-corrected chi connectivity index (χ2v) is 8.31. The van der Waals surface area contributed by atoms with Crippen molar-refractivity contribution in [2.75, 3.05) is 40.5 Å². The number of carbonyl (C=O) groups is 3. The molecule has 3 aliphatic rings. The normalized spacial score (nSPS) is 26.9. The van der Waals surface area contributed by atoms with Crippen LogP contribution >= 0.6 is 0 Å². The molecule has 10 nitrogen and oxygen atoms in total. The van der Waals surface area contributed by atoms with Gasteiger partial charge in [0.25, 0.3) is 0 Å². The maximum Gasteiger partial charge on any atom is 0.337 e. The number of urea groups is 2. The fourth-order valence-corrected chi connectivity index (χ4v) is 4.51. The van der Waals surface area contributed by atoms with Crippen LogP contribution in [0.1, 0.15) is 38.5 Å². The second kappa shape index (κ2) is 10.6. The molecular weight excluding hydrogens is 402 g/mol. The van der Waals surface area contributed by atoms with E-state index in [1.165, 1.54) is 14.2 Å². The Morgan fingerprint density at radius 3 is 2.58 bits per heavy atom. The maximum atomic E-state index is 13.1. The quantitative estimate of drug-likeness (QED) is 0.627. The zero-order valence-electron chi connectivity index (χ0n) is 18.2. The molecule has 3 rings (SSSR count). The first kappa shape index (κ1) is 23.0. The van der Waals surface area contributed by atoms with Gasteiger partial charge in [-0.3, -0.25) is 0 Å². The Morgan fingerprint density at radius 1 is 1.19 bits per heavy atom. The lowest BCUT2D eigenvalue weighted by molar-refractivity contribution is -0.136. The van der Waals surface area contributed by atoms with Gasteiger partial charge < -0.3 is 25.0 Å². The van der Waals surface area contributed by atoms with Crippen LogP contribution in [0.3, 0.4) is 0 Å². The molecule has 31 heavy (non-hydrogen) atoms. The van der Waals surface area contributed by atoms with E-state index in [4.69, 9.17) is 14.7 Å². The van der Waals surface area contributed by atoms with Crippen molar-refractivity contribution in [2.24, 2.45) is 5.92 Å². The Labute approximate surface area is 182 Å². The lowest BCUT2D eigenvalue weighted by Crippen LogP contribution is -2.58. The Hall–Kier alpha value is -2.64. The van der Waals surface area contributed by atoms with E-state index in [1.807, 2.05) is 0 Å². The number of piperidine rings is 1. The number of hydrogen-bond donors (Lipinski definition) is 2. The molecule has 0 aromatic rings. The number of ether oxygens (including phenoxy) is 2. The average Bonchev–Trinajstić information content (AvgIpc) is 2.79. The van der Waals surface area contributed by atoms with E-state index >= 15 is 0 Å². The number of esters is 1. The highest BCUT2D eigenvalue weighted by molar-refractivity contribution is 6.00. The molecule has 1 aliphatic carbocycles. The summed E-state index contributed by atoms with van der Waals surface area (Å²) in [6.07, 6.45) is 5.54. The Balaban J connectivity index is 1.62. The maximum absolute atomic E-state index is 13.1. The predicted octanol–water partition coefficient (Wildman–Crippen LogP) is 1.34. The third-order valence-corrected chi connectivity index (χ3v) is 6.21. The Kier molecular flexibility index (Phi) is 7.87. The number of likely N-dealkylation sites (tertiary alicyclic amines) is 1. The zero-order valence-corrected chi connectivity index (χ0v) is 18.2. The largest absolute Gasteiger partial charge is 0.466 e. The average molecular weight is 434 g/mol. The lowest BCUT2D eigenvalue weighted by atomic mass is 9.86. The highest BCUT2D eigenvalue weighted by atomic mass is 16.5. The summed E-state index contributed by atoms with van der Waals surface area (Å²) in [5, 5.41) is 15.3. The minimum atomic E-state index is -0.601. The SMILES string of the molecule is COCC1=C(C(=O)OC)CN(C(=O)N2CCCC(NC3CCC(C#N)CC3)C2)C(=O)N1. The minimum Gasteiger partial charge on any atom is -0.466 e. The molecule has 170 valence electrons. The van der Waals surface area contributed by atoms with Gasteiger partial charge in [0.05, 0.1) is 37.6 Å². The minimum absolute atomic E-state index is 0.0436. The number of hydrogen-bond acceptors (Lipinski definition) is 7. The van der Waals surface area contributed by atoms with Gasteiger partial charge in [-0.2, -0.15) is 5.26 Å². The van der Waals surface area contributed by atoms with Gasteiger partial charge in [-0.1, -0.05) is 0 Å². The molecule has 0 aromatic heterocycles. The molecule has 2 aliphatic heterocycles. The number of imide groups is 1. The van der Waals surface area contributed by atoms with Crippen molar-refractivity contribution in [1.82, 2.24) is 20.4 Å². The molecule has 0 bridgehead atoms. The first-order chi connectivity index (χ1) is 15.0. The Bertz CT molecular complexity index is 769. The van der Waals surface area contributed by atoms with Gasteiger partial charge in [-0.25, -0.2) is 19.3 Å². The highest BCUT2D eigenvalue weighted by Crippen LogP contribution is 2.25. The third kappa shape index (κ3) is 5.54. The number of methoxy groups -OCH3 is 2. The predicted molar refractivity (Wildman–Crippen MR) is 111 cm³/mol.